The number of aryl methyl sites for hydroxylation is 1. The number of benzene rings is 3. The first-order chi connectivity index (χ1) is 16.4. The zero-order valence-corrected chi connectivity index (χ0v) is 19.1. The summed E-state index contributed by atoms with van der Waals surface area (Å²) in [4.78, 5) is 17.2. The number of imidazole rings is 1. The number of nitrogens with one attached hydrogen (secondary N) is 1. The summed E-state index contributed by atoms with van der Waals surface area (Å²) in [5.74, 6) is -0.153. The van der Waals surface area contributed by atoms with Crippen LogP contribution in [-0.4, -0.2) is 30.4 Å². The summed E-state index contributed by atoms with van der Waals surface area (Å²) in [7, 11) is -4.00. The summed E-state index contributed by atoms with van der Waals surface area (Å²) in [5.41, 5.74) is 2.84. The van der Waals surface area contributed by atoms with E-state index in [1.807, 2.05) is 42.0 Å². The lowest BCUT2D eigenvalue weighted by molar-refractivity contribution is -0.119. The molecule has 0 unspecified atom stereocenters. The standard InChI is InChI=1S/C25H21FN4O3S/c1-17-27-12-13-29(17)22-8-4-2-6-18(22)15-28-25(31)16-30-23-11-10-19(26)14-21(23)20-7-3-5-9-24(20)34(30,32)33/h2-14H,15-16H2,1H3,(H,28,31). The number of hydrogen-bond donors (Lipinski definition) is 1. The van der Waals surface area contributed by atoms with Gasteiger partial charge in [-0.05, 0) is 42.8 Å². The number of para-hydroxylation sites is 1. The molecule has 0 fully saturated rings. The van der Waals surface area contributed by atoms with E-state index in [9.17, 15) is 17.6 Å². The molecule has 3 aromatic carbocycles. The van der Waals surface area contributed by atoms with Crippen LogP contribution < -0.4 is 9.62 Å². The number of carbonyl (C=O) groups excluding carboxylic acids is 1. The van der Waals surface area contributed by atoms with E-state index < -0.39 is 28.3 Å². The molecule has 1 aliphatic heterocycles. The first kappa shape index (κ1) is 21.8. The second kappa shape index (κ2) is 8.42. The number of amides is 1. The molecule has 0 spiro atoms. The minimum Gasteiger partial charge on any atom is -0.350 e. The molecule has 4 aromatic rings. The Balaban J connectivity index is 1.42. The fraction of sp³-hybridized carbons (Fsp3) is 0.120. The van der Waals surface area contributed by atoms with Crippen molar-refractivity contribution in [3.8, 4) is 16.8 Å². The number of rotatable bonds is 5. The second-order valence-corrected chi connectivity index (χ2v) is 9.75. The normalized spacial score (nSPS) is 13.8. The number of sulfonamides is 1. The first-order valence-corrected chi connectivity index (χ1v) is 12.1. The minimum atomic E-state index is -4.00. The highest BCUT2D eigenvalue weighted by atomic mass is 32.2. The maximum Gasteiger partial charge on any atom is 0.265 e. The molecular formula is C25H21FN4O3S. The average molecular weight is 477 g/mol. The highest BCUT2D eigenvalue weighted by Crippen LogP contribution is 2.42. The van der Waals surface area contributed by atoms with Gasteiger partial charge in [0.2, 0.25) is 5.91 Å². The molecule has 0 radical (unpaired) electrons. The predicted molar refractivity (Wildman–Crippen MR) is 127 cm³/mol. The molecule has 1 N–H and O–H groups in total. The topological polar surface area (TPSA) is 84.3 Å². The Morgan fingerprint density at radius 2 is 1.76 bits per heavy atom. The summed E-state index contributed by atoms with van der Waals surface area (Å²) in [6, 6.07) is 17.9. The molecule has 0 bridgehead atoms. The molecule has 2 heterocycles. The maximum absolute atomic E-state index is 14.0. The molecule has 0 aliphatic carbocycles. The van der Waals surface area contributed by atoms with Gasteiger partial charge < -0.3 is 9.88 Å². The van der Waals surface area contributed by atoms with Gasteiger partial charge in [0.1, 0.15) is 18.2 Å². The Labute approximate surface area is 196 Å². The van der Waals surface area contributed by atoms with Crippen LogP contribution in [0.4, 0.5) is 10.1 Å². The van der Waals surface area contributed by atoms with E-state index in [4.69, 9.17) is 0 Å². The largest absolute Gasteiger partial charge is 0.350 e. The predicted octanol–water partition coefficient (Wildman–Crippen LogP) is 3.81. The smallest absolute Gasteiger partial charge is 0.265 e. The van der Waals surface area contributed by atoms with E-state index in [1.54, 1.807) is 24.4 Å². The lowest BCUT2D eigenvalue weighted by atomic mass is 10.0. The van der Waals surface area contributed by atoms with E-state index in [0.29, 0.717) is 11.1 Å². The minimum absolute atomic E-state index is 0.0434. The summed E-state index contributed by atoms with van der Waals surface area (Å²) < 4.78 is 43.7. The molecule has 1 amide bonds. The molecule has 5 rings (SSSR count). The second-order valence-electron chi connectivity index (χ2n) is 7.92. The van der Waals surface area contributed by atoms with Crippen molar-refractivity contribution in [3.05, 3.63) is 96.3 Å². The van der Waals surface area contributed by atoms with E-state index >= 15 is 0 Å². The van der Waals surface area contributed by atoms with Crippen LogP contribution in [0.1, 0.15) is 11.4 Å². The summed E-state index contributed by atoms with van der Waals surface area (Å²) in [5, 5.41) is 2.82. The molecular weight excluding hydrogens is 455 g/mol. The van der Waals surface area contributed by atoms with Crippen LogP contribution in [0.3, 0.4) is 0 Å². The van der Waals surface area contributed by atoms with Crippen LogP contribution in [0, 0.1) is 12.7 Å². The lowest BCUT2D eigenvalue weighted by Crippen LogP contribution is -2.42. The molecule has 0 atom stereocenters. The number of halogens is 1. The summed E-state index contributed by atoms with van der Waals surface area (Å²) >= 11 is 0. The number of hydrogen-bond acceptors (Lipinski definition) is 4. The van der Waals surface area contributed by atoms with Gasteiger partial charge in [-0.3, -0.25) is 9.10 Å². The van der Waals surface area contributed by atoms with Crippen molar-refractivity contribution in [2.24, 2.45) is 0 Å². The fourth-order valence-corrected chi connectivity index (χ4v) is 5.83. The maximum atomic E-state index is 14.0. The van der Waals surface area contributed by atoms with Crippen LogP contribution in [0.15, 0.2) is 84.0 Å². The third kappa shape index (κ3) is 3.73. The van der Waals surface area contributed by atoms with Gasteiger partial charge in [0.15, 0.2) is 0 Å². The van der Waals surface area contributed by atoms with E-state index in [-0.39, 0.29) is 17.1 Å². The van der Waals surface area contributed by atoms with Crippen LogP contribution in [0.25, 0.3) is 16.8 Å². The number of anilines is 1. The molecule has 7 nitrogen and oxygen atoms in total. The SMILES string of the molecule is Cc1nccn1-c1ccccc1CNC(=O)CN1c2ccc(F)cc2-c2ccccc2S1(=O)=O. The van der Waals surface area contributed by atoms with Crippen molar-refractivity contribution in [1.29, 1.82) is 0 Å². The molecule has 1 aliphatic rings. The first-order valence-electron chi connectivity index (χ1n) is 10.6. The van der Waals surface area contributed by atoms with Gasteiger partial charge in [-0.2, -0.15) is 0 Å². The van der Waals surface area contributed by atoms with Crippen LogP contribution in [-0.2, 0) is 21.4 Å². The van der Waals surface area contributed by atoms with Crippen LogP contribution >= 0.6 is 0 Å². The molecule has 0 saturated carbocycles. The van der Waals surface area contributed by atoms with Crippen molar-refractivity contribution < 1.29 is 17.6 Å². The van der Waals surface area contributed by atoms with Crippen molar-refractivity contribution >= 4 is 21.6 Å². The zero-order chi connectivity index (χ0) is 23.9. The summed E-state index contributed by atoms with van der Waals surface area (Å²) in [6.07, 6.45) is 3.54. The molecule has 9 heteroatoms. The van der Waals surface area contributed by atoms with Gasteiger partial charge in [0.25, 0.3) is 10.0 Å². The Hall–Kier alpha value is -3.98. The third-order valence-electron chi connectivity index (χ3n) is 5.81. The van der Waals surface area contributed by atoms with Gasteiger partial charge in [-0.15, -0.1) is 0 Å². The van der Waals surface area contributed by atoms with Crippen LogP contribution in [0.5, 0.6) is 0 Å². The quantitative estimate of drug-likeness (QED) is 0.475. The number of aromatic nitrogens is 2. The number of carbonyl (C=O) groups is 1. The fourth-order valence-electron chi connectivity index (χ4n) is 4.18. The molecule has 172 valence electrons. The van der Waals surface area contributed by atoms with Crippen molar-refractivity contribution in [1.82, 2.24) is 14.9 Å². The Kier molecular flexibility index (Phi) is 5.41. The number of fused-ring (bicyclic) bond motifs is 3. The van der Waals surface area contributed by atoms with E-state index in [0.717, 1.165) is 21.4 Å². The monoisotopic (exact) mass is 476 g/mol. The van der Waals surface area contributed by atoms with Gasteiger partial charge in [-0.1, -0.05) is 36.4 Å². The lowest BCUT2D eigenvalue weighted by Gasteiger charge is -2.31. The molecule has 0 saturated heterocycles. The van der Waals surface area contributed by atoms with Gasteiger partial charge >= 0.3 is 0 Å². The van der Waals surface area contributed by atoms with Gasteiger partial charge in [0.05, 0.1) is 16.3 Å². The summed E-state index contributed by atoms with van der Waals surface area (Å²) in [6.45, 7) is 1.66. The average Bonchev–Trinajstić information content (AvgIpc) is 3.26. The number of nitrogens with zero attached hydrogens (tertiary/aromatic N) is 3. The van der Waals surface area contributed by atoms with Gasteiger partial charge in [0, 0.05) is 30.1 Å². The third-order valence-corrected chi connectivity index (χ3v) is 7.63. The van der Waals surface area contributed by atoms with Crippen molar-refractivity contribution in [2.45, 2.75) is 18.4 Å². The Bertz CT molecular complexity index is 1510. The molecule has 1 aromatic heterocycles. The van der Waals surface area contributed by atoms with Crippen LogP contribution in [0.2, 0.25) is 0 Å². The molecule has 34 heavy (non-hydrogen) atoms. The van der Waals surface area contributed by atoms with E-state index in [1.165, 1.54) is 24.3 Å². The Morgan fingerprint density at radius 1 is 1.00 bits per heavy atom. The van der Waals surface area contributed by atoms with E-state index in [2.05, 4.69) is 10.3 Å². The van der Waals surface area contributed by atoms with Crippen molar-refractivity contribution in [2.75, 3.05) is 10.8 Å². The highest BCUT2D eigenvalue weighted by molar-refractivity contribution is 7.93. The van der Waals surface area contributed by atoms with Crippen molar-refractivity contribution in [3.63, 3.8) is 0 Å². The highest BCUT2D eigenvalue weighted by Gasteiger charge is 2.36. The van der Waals surface area contributed by atoms with Gasteiger partial charge in [-0.25, -0.2) is 17.8 Å². The zero-order valence-electron chi connectivity index (χ0n) is 18.3. The Morgan fingerprint density at radius 3 is 2.56 bits per heavy atom.